The van der Waals surface area contributed by atoms with Gasteiger partial charge in [-0.3, -0.25) is 4.79 Å². The molecule has 4 heteroatoms. The monoisotopic (exact) mass is 442 g/mol. The zero-order valence-electron chi connectivity index (χ0n) is 21.1. The maximum absolute atomic E-state index is 11.6. The number of carbonyl (C=O) groups excluding carboxylic acids is 1. The van der Waals surface area contributed by atoms with E-state index in [2.05, 4.69) is 6.92 Å². The summed E-state index contributed by atoms with van der Waals surface area (Å²) in [4.78, 5) is 11.6. The third-order valence-electron chi connectivity index (χ3n) is 5.91. The Morgan fingerprint density at radius 3 is 1.32 bits per heavy atom. The first-order valence-electron chi connectivity index (χ1n) is 13.5. The highest BCUT2D eigenvalue weighted by Crippen LogP contribution is 2.14. The van der Waals surface area contributed by atoms with E-state index in [1.807, 2.05) is 0 Å². The Kier molecular flexibility index (Phi) is 26.9. The minimum Gasteiger partial charge on any atom is -0.463 e. The normalized spacial score (nSPS) is 11.2. The van der Waals surface area contributed by atoms with Crippen LogP contribution in [-0.4, -0.2) is 39.5 Å². The van der Waals surface area contributed by atoms with E-state index < -0.39 is 0 Å². The summed E-state index contributed by atoms with van der Waals surface area (Å²) >= 11 is 0. The van der Waals surface area contributed by atoms with Crippen LogP contribution in [0.25, 0.3) is 0 Å². The van der Waals surface area contributed by atoms with Crippen molar-refractivity contribution in [3.8, 4) is 0 Å². The van der Waals surface area contributed by atoms with Gasteiger partial charge in [-0.2, -0.15) is 0 Å². The minimum atomic E-state index is -0.0951. The lowest BCUT2D eigenvalue weighted by molar-refractivity contribution is -0.145. The van der Waals surface area contributed by atoms with Gasteiger partial charge in [0.2, 0.25) is 0 Å². The Bertz CT molecular complexity index is 346. The van der Waals surface area contributed by atoms with E-state index in [4.69, 9.17) is 14.2 Å². The van der Waals surface area contributed by atoms with Gasteiger partial charge in [0.25, 0.3) is 0 Å². The lowest BCUT2D eigenvalue weighted by Crippen LogP contribution is -2.12. The van der Waals surface area contributed by atoms with E-state index in [9.17, 15) is 4.79 Å². The highest BCUT2D eigenvalue weighted by Gasteiger charge is 2.02. The van der Waals surface area contributed by atoms with Crippen LogP contribution in [0.4, 0.5) is 0 Å². The van der Waals surface area contributed by atoms with Crippen molar-refractivity contribution >= 4 is 5.97 Å². The first-order chi connectivity index (χ1) is 15.3. The lowest BCUT2D eigenvalue weighted by Gasteiger charge is -2.06. The largest absolute Gasteiger partial charge is 0.463 e. The van der Waals surface area contributed by atoms with Gasteiger partial charge in [-0.15, -0.1) is 0 Å². The zero-order valence-corrected chi connectivity index (χ0v) is 21.1. The van der Waals surface area contributed by atoms with Gasteiger partial charge in [-0.25, -0.2) is 0 Å². The first kappa shape index (κ1) is 30.4. The van der Waals surface area contributed by atoms with Gasteiger partial charge in [0.15, 0.2) is 0 Å². The number of carbonyl (C=O) groups is 1. The second kappa shape index (κ2) is 27.4. The van der Waals surface area contributed by atoms with Crippen molar-refractivity contribution in [1.29, 1.82) is 0 Å². The van der Waals surface area contributed by atoms with Crippen LogP contribution in [0.2, 0.25) is 0 Å². The van der Waals surface area contributed by atoms with E-state index in [0.29, 0.717) is 32.8 Å². The van der Waals surface area contributed by atoms with E-state index in [-0.39, 0.29) is 5.97 Å². The van der Waals surface area contributed by atoms with Crippen molar-refractivity contribution in [2.75, 3.05) is 33.5 Å². The molecule has 0 saturated carbocycles. The summed E-state index contributed by atoms with van der Waals surface area (Å²) in [5.41, 5.74) is 0. The molecule has 0 aliphatic rings. The smallest absolute Gasteiger partial charge is 0.305 e. The van der Waals surface area contributed by atoms with Gasteiger partial charge in [0.05, 0.1) is 19.8 Å². The fourth-order valence-electron chi connectivity index (χ4n) is 3.88. The summed E-state index contributed by atoms with van der Waals surface area (Å²) in [6, 6.07) is 0. The zero-order chi connectivity index (χ0) is 22.7. The summed E-state index contributed by atoms with van der Waals surface area (Å²) in [6.07, 6.45) is 26.5. The Hall–Kier alpha value is -0.610. The fourth-order valence-corrected chi connectivity index (χ4v) is 3.88. The summed E-state index contributed by atoms with van der Waals surface area (Å²) in [6.45, 7) is 4.21. The molecule has 0 heterocycles. The molecule has 0 N–H and O–H groups in total. The Balaban J connectivity index is 3.09. The lowest BCUT2D eigenvalue weighted by atomic mass is 10.0. The predicted octanol–water partition coefficient (Wildman–Crippen LogP) is 8.01. The second-order valence-electron chi connectivity index (χ2n) is 8.94. The average molecular weight is 443 g/mol. The Morgan fingerprint density at radius 1 is 0.516 bits per heavy atom. The van der Waals surface area contributed by atoms with Crippen molar-refractivity contribution in [2.24, 2.45) is 0 Å². The number of esters is 1. The molecule has 0 radical (unpaired) electrons. The molecule has 186 valence electrons. The van der Waals surface area contributed by atoms with Crippen LogP contribution in [0.15, 0.2) is 0 Å². The fraction of sp³-hybridized carbons (Fsp3) is 0.963. The van der Waals surface area contributed by atoms with Crippen LogP contribution in [-0.2, 0) is 19.0 Å². The number of methoxy groups -OCH3 is 1. The number of unbranched alkanes of at least 4 members (excludes halogenated alkanes) is 18. The van der Waals surface area contributed by atoms with E-state index >= 15 is 0 Å². The van der Waals surface area contributed by atoms with Crippen LogP contribution in [0.1, 0.15) is 135 Å². The van der Waals surface area contributed by atoms with E-state index in [0.717, 1.165) is 12.8 Å². The summed E-state index contributed by atoms with van der Waals surface area (Å²) in [5.74, 6) is -0.0951. The maximum atomic E-state index is 11.6. The van der Waals surface area contributed by atoms with Crippen LogP contribution < -0.4 is 0 Å². The molecule has 0 spiro atoms. The SMILES string of the molecule is CCCCCCCCCCCCCCCCCCCCCC(=O)OCCOCCOC. The van der Waals surface area contributed by atoms with E-state index in [1.165, 1.54) is 109 Å². The molecule has 31 heavy (non-hydrogen) atoms. The highest BCUT2D eigenvalue weighted by atomic mass is 16.6. The second-order valence-corrected chi connectivity index (χ2v) is 8.94. The van der Waals surface area contributed by atoms with Crippen molar-refractivity contribution in [1.82, 2.24) is 0 Å². The summed E-state index contributed by atoms with van der Waals surface area (Å²) in [7, 11) is 1.64. The molecule has 0 aromatic rings. The molecule has 0 unspecified atom stereocenters. The molecule has 0 atom stereocenters. The van der Waals surface area contributed by atoms with Crippen molar-refractivity contribution in [2.45, 2.75) is 135 Å². The molecule has 0 amide bonds. The standard InChI is InChI=1S/C27H54O4/c1-3-4-5-6-7-8-9-10-11-12-13-14-15-16-17-18-19-20-21-22-27(28)31-26-25-30-24-23-29-2/h3-26H2,1-2H3. The molecule has 0 fully saturated rings. The summed E-state index contributed by atoms with van der Waals surface area (Å²) < 4.78 is 15.3. The van der Waals surface area contributed by atoms with Crippen LogP contribution in [0.5, 0.6) is 0 Å². The molecule has 0 aliphatic carbocycles. The molecular weight excluding hydrogens is 388 g/mol. The van der Waals surface area contributed by atoms with Crippen LogP contribution in [0.3, 0.4) is 0 Å². The molecular formula is C27H54O4. The average Bonchev–Trinajstić information content (AvgIpc) is 2.77. The number of hydrogen-bond acceptors (Lipinski definition) is 4. The molecule has 0 aromatic carbocycles. The molecule has 0 bridgehead atoms. The Morgan fingerprint density at radius 2 is 0.903 bits per heavy atom. The molecule has 0 aliphatic heterocycles. The number of rotatable bonds is 26. The van der Waals surface area contributed by atoms with Gasteiger partial charge >= 0.3 is 5.97 Å². The quantitative estimate of drug-likeness (QED) is 0.100. The van der Waals surface area contributed by atoms with Gasteiger partial charge in [0, 0.05) is 13.5 Å². The van der Waals surface area contributed by atoms with E-state index in [1.54, 1.807) is 7.11 Å². The third-order valence-corrected chi connectivity index (χ3v) is 5.91. The predicted molar refractivity (Wildman–Crippen MR) is 132 cm³/mol. The Labute approximate surface area is 194 Å². The van der Waals surface area contributed by atoms with Crippen molar-refractivity contribution in [3.05, 3.63) is 0 Å². The van der Waals surface area contributed by atoms with Gasteiger partial charge < -0.3 is 14.2 Å². The van der Waals surface area contributed by atoms with Crippen LogP contribution >= 0.6 is 0 Å². The van der Waals surface area contributed by atoms with Crippen molar-refractivity contribution < 1.29 is 19.0 Å². The van der Waals surface area contributed by atoms with Gasteiger partial charge in [-0.05, 0) is 6.42 Å². The minimum absolute atomic E-state index is 0.0951. The molecule has 4 nitrogen and oxygen atoms in total. The third kappa shape index (κ3) is 27.4. The maximum Gasteiger partial charge on any atom is 0.305 e. The topological polar surface area (TPSA) is 44.8 Å². The molecule has 0 aromatic heterocycles. The molecule has 0 rings (SSSR count). The first-order valence-corrected chi connectivity index (χ1v) is 13.5. The number of ether oxygens (including phenoxy) is 3. The number of hydrogen-bond donors (Lipinski definition) is 0. The highest BCUT2D eigenvalue weighted by molar-refractivity contribution is 5.69. The van der Waals surface area contributed by atoms with Crippen LogP contribution in [0, 0.1) is 0 Å². The van der Waals surface area contributed by atoms with Crippen molar-refractivity contribution in [3.63, 3.8) is 0 Å². The van der Waals surface area contributed by atoms with Gasteiger partial charge in [-0.1, -0.05) is 122 Å². The molecule has 0 saturated heterocycles. The summed E-state index contributed by atoms with van der Waals surface area (Å²) in [5, 5.41) is 0. The van der Waals surface area contributed by atoms with Gasteiger partial charge in [0.1, 0.15) is 6.61 Å².